The number of nitrogens with zero attached hydrogens (tertiary/aromatic N) is 2. The molecule has 0 aliphatic carbocycles. The number of likely N-dealkylation sites (tertiary alicyclic amines) is 1. The Balaban J connectivity index is 1.47. The van der Waals surface area contributed by atoms with E-state index in [1.54, 1.807) is 17.0 Å². The molecule has 176 valence electrons. The van der Waals surface area contributed by atoms with Gasteiger partial charge in [-0.05, 0) is 72.6 Å². The first-order valence-electron chi connectivity index (χ1n) is 10.5. The van der Waals surface area contributed by atoms with E-state index in [4.69, 9.17) is 9.47 Å². The fourth-order valence-electron chi connectivity index (χ4n) is 3.59. The maximum Gasteiger partial charge on any atom is 0.343 e. The number of amides is 3. The van der Waals surface area contributed by atoms with Gasteiger partial charge >= 0.3 is 5.97 Å². The topological polar surface area (TPSA) is 93.2 Å². The quantitative estimate of drug-likeness (QED) is 0.351. The van der Waals surface area contributed by atoms with Gasteiger partial charge in [0.15, 0.2) is 11.5 Å². The highest BCUT2D eigenvalue weighted by molar-refractivity contribution is 8.18. The zero-order valence-electron chi connectivity index (χ0n) is 18.3. The Hall–Kier alpha value is -3.66. The maximum atomic E-state index is 13.1. The number of methoxy groups -OCH3 is 1. The van der Waals surface area contributed by atoms with Gasteiger partial charge in [-0.1, -0.05) is 6.07 Å². The minimum absolute atomic E-state index is 0.137. The van der Waals surface area contributed by atoms with Crippen LogP contribution in [0.1, 0.15) is 28.8 Å². The molecule has 0 aromatic heterocycles. The van der Waals surface area contributed by atoms with Crippen molar-refractivity contribution in [1.82, 2.24) is 9.80 Å². The van der Waals surface area contributed by atoms with Crippen molar-refractivity contribution in [3.8, 4) is 11.5 Å². The molecule has 3 amide bonds. The van der Waals surface area contributed by atoms with Crippen LogP contribution >= 0.6 is 11.8 Å². The lowest BCUT2D eigenvalue weighted by Gasteiger charge is -2.18. The summed E-state index contributed by atoms with van der Waals surface area (Å²) < 4.78 is 23.7. The summed E-state index contributed by atoms with van der Waals surface area (Å²) in [5, 5.41) is -0.499. The van der Waals surface area contributed by atoms with E-state index >= 15 is 0 Å². The highest BCUT2D eigenvalue weighted by Crippen LogP contribution is 2.35. The molecule has 0 atom stereocenters. The van der Waals surface area contributed by atoms with Crippen LogP contribution in [0.25, 0.3) is 6.08 Å². The van der Waals surface area contributed by atoms with E-state index in [9.17, 15) is 23.6 Å². The largest absolute Gasteiger partial charge is 0.493 e. The van der Waals surface area contributed by atoms with E-state index < -0.39 is 22.9 Å². The number of hydrogen-bond donors (Lipinski definition) is 0. The monoisotopic (exact) mass is 484 g/mol. The summed E-state index contributed by atoms with van der Waals surface area (Å²) in [7, 11) is 1.40. The first kappa shape index (κ1) is 23.5. The Morgan fingerprint density at radius 1 is 1.06 bits per heavy atom. The van der Waals surface area contributed by atoms with Crippen molar-refractivity contribution in [1.29, 1.82) is 0 Å². The molecule has 34 heavy (non-hydrogen) atoms. The standard InChI is InChI=1S/C24H21FN2O6S/c1-32-19-12-15(4-9-18(19)33-23(30)16-5-7-17(25)8-6-16)13-20-22(29)27(24(31)34-20)14-21(28)26-10-2-3-11-26/h4-9,12-13H,2-3,10-11,14H2,1H3/b20-13-. The van der Waals surface area contributed by atoms with Crippen LogP contribution in [0.2, 0.25) is 0 Å². The summed E-state index contributed by atoms with van der Waals surface area (Å²) >= 11 is 0.759. The number of rotatable bonds is 6. The van der Waals surface area contributed by atoms with Gasteiger partial charge in [0.2, 0.25) is 5.91 Å². The molecule has 10 heteroatoms. The number of thioether (sulfide) groups is 1. The highest BCUT2D eigenvalue weighted by atomic mass is 32.2. The van der Waals surface area contributed by atoms with Crippen LogP contribution in [0.5, 0.6) is 11.5 Å². The molecule has 0 spiro atoms. The highest BCUT2D eigenvalue weighted by Gasteiger charge is 2.37. The van der Waals surface area contributed by atoms with Gasteiger partial charge in [0.05, 0.1) is 17.6 Å². The van der Waals surface area contributed by atoms with Gasteiger partial charge in [-0.3, -0.25) is 19.3 Å². The Labute approximate surface area is 199 Å². The normalized spacial score (nSPS) is 16.9. The Morgan fingerprint density at radius 2 is 1.76 bits per heavy atom. The molecule has 0 N–H and O–H groups in total. The van der Waals surface area contributed by atoms with E-state index in [0.29, 0.717) is 18.7 Å². The molecule has 2 aliphatic heterocycles. The molecular weight excluding hydrogens is 463 g/mol. The van der Waals surface area contributed by atoms with Gasteiger partial charge in [-0.2, -0.15) is 0 Å². The van der Waals surface area contributed by atoms with Gasteiger partial charge in [-0.25, -0.2) is 9.18 Å². The summed E-state index contributed by atoms with van der Waals surface area (Å²) in [5.41, 5.74) is 0.708. The second-order valence-electron chi connectivity index (χ2n) is 7.66. The summed E-state index contributed by atoms with van der Waals surface area (Å²) in [6, 6.07) is 9.57. The van der Waals surface area contributed by atoms with Crippen LogP contribution in [0, 0.1) is 5.82 Å². The number of benzene rings is 2. The Morgan fingerprint density at radius 3 is 2.44 bits per heavy atom. The lowest BCUT2D eigenvalue weighted by molar-refractivity contribution is -0.135. The van der Waals surface area contributed by atoms with Crippen molar-refractivity contribution >= 4 is 40.9 Å². The predicted octanol–water partition coefficient (Wildman–Crippen LogP) is 3.71. The zero-order valence-corrected chi connectivity index (χ0v) is 19.1. The van der Waals surface area contributed by atoms with E-state index in [1.165, 1.54) is 31.4 Å². The smallest absolute Gasteiger partial charge is 0.343 e. The van der Waals surface area contributed by atoms with E-state index in [-0.39, 0.29) is 34.4 Å². The SMILES string of the molecule is COc1cc(/C=C2\SC(=O)N(CC(=O)N3CCCC3)C2=O)ccc1OC(=O)c1ccc(F)cc1. The molecule has 4 rings (SSSR count). The summed E-state index contributed by atoms with van der Waals surface area (Å²) in [6.45, 7) is 1.01. The molecule has 2 aromatic carbocycles. The molecule has 0 saturated carbocycles. The molecule has 2 heterocycles. The van der Waals surface area contributed by atoms with Crippen molar-refractivity contribution < 1.29 is 33.0 Å². The third-order valence-corrected chi connectivity index (χ3v) is 6.30. The third kappa shape index (κ3) is 5.12. The fraction of sp³-hybridized carbons (Fsp3) is 0.250. The van der Waals surface area contributed by atoms with E-state index in [0.717, 1.165) is 41.6 Å². The second kappa shape index (κ2) is 10.1. The lowest BCUT2D eigenvalue weighted by Crippen LogP contribution is -2.40. The average Bonchev–Trinajstić information content (AvgIpc) is 3.45. The number of hydrogen-bond acceptors (Lipinski definition) is 7. The Bertz CT molecular complexity index is 1170. The van der Waals surface area contributed by atoms with Gasteiger partial charge in [0.1, 0.15) is 12.4 Å². The van der Waals surface area contributed by atoms with Crippen LogP contribution < -0.4 is 9.47 Å². The average molecular weight is 485 g/mol. The first-order chi connectivity index (χ1) is 16.4. The van der Waals surface area contributed by atoms with E-state index in [2.05, 4.69) is 0 Å². The fourth-order valence-corrected chi connectivity index (χ4v) is 4.43. The summed E-state index contributed by atoms with van der Waals surface area (Å²) in [4.78, 5) is 52.5. The molecule has 2 fully saturated rings. The van der Waals surface area contributed by atoms with Crippen molar-refractivity contribution in [3.05, 3.63) is 64.3 Å². The summed E-state index contributed by atoms with van der Waals surface area (Å²) in [6.07, 6.45) is 3.36. The number of carbonyl (C=O) groups excluding carboxylic acids is 4. The number of esters is 1. The van der Waals surface area contributed by atoms with Crippen LogP contribution in [0.4, 0.5) is 9.18 Å². The number of ether oxygens (including phenoxy) is 2. The minimum atomic E-state index is -0.685. The number of imide groups is 1. The second-order valence-corrected chi connectivity index (χ2v) is 8.66. The van der Waals surface area contributed by atoms with Crippen molar-refractivity contribution in [3.63, 3.8) is 0 Å². The minimum Gasteiger partial charge on any atom is -0.493 e. The molecule has 8 nitrogen and oxygen atoms in total. The zero-order chi connectivity index (χ0) is 24.2. The number of halogens is 1. The van der Waals surface area contributed by atoms with Crippen LogP contribution in [0.15, 0.2) is 47.4 Å². The van der Waals surface area contributed by atoms with Crippen molar-refractivity contribution in [2.75, 3.05) is 26.7 Å². The molecule has 0 bridgehead atoms. The maximum absolute atomic E-state index is 13.1. The van der Waals surface area contributed by atoms with Crippen molar-refractivity contribution in [2.45, 2.75) is 12.8 Å². The van der Waals surface area contributed by atoms with Gasteiger partial charge in [0, 0.05) is 13.1 Å². The molecular formula is C24H21FN2O6S. The molecule has 2 saturated heterocycles. The molecule has 0 radical (unpaired) electrons. The number of carbonyl (C=O) groups is 4. The molecule has 0 unspecified atom stereocenters. The van der Waals surface area contributed by atoms with Crippen LogP contribution in [0.3, 0.4) is 0 Å². The molecule has 2 aromatic rings. The Kier molecular flexibility index (Phi) is 6.97. The van der Waals surface area contributed by atoms with Gasteiger partial charge in [-0.15, -0.1) is 0 Å². The summed E-state index contributed by atoms with van der Waals surface area (Å²) in [5.74, 6) is -1.56. The molecule has 2 aliphatic rings. The lowest BCUT2D eigenvalue weighted by atomic mass is 10.1. The van der Waals surface area contributed by atoms with Crippen LogP contribution in [-0.2, 0) is 9.59 Å². The van der Waals surface area contributed by atoms with Crippen molar-refractivity contribution in [2.24, 2.45) is 0 Å². The van der Waals surface area contributed by atoms with Gasteiger partial charge in [0.25, 0.3) is 11.1 Å². The van der Waals surface area contributed by atoms with Gasteiger partial charge < -0.3 is 14.4 Å². The predicted molar refractivity (Wildman–Crippen MR) is 123 cm³/mol. The van der Waals surface area contributed by atoms with E-state index in [1.807, 2.05) is 0 Å². The third-order valence-electron chi connectivity index (χ3n) is 5.39. The first-order valence-corrected chi connectivity index (χ1v) is 11.4. The van der Waals surface area contributed by atoms with Crippen LogP contribution in [-0.4, -0.2) is 59.6 Å².